The summed E-state index contributed by atoms with van der Waals surface area (Å²) in [5.74, 6) is 1.75. The van der Waals surface area contributed by atoms with E-state index >= 15 is 0 Å². The smallest absolute Gasteiger partial charge is 0.281 e. The number of methoxy groups -OCH3 is 1. The van der Waals surface area contributed by atoms with Gasteiger partial charge in [-0.05, 0) is 25.0 Å². The first-order chi connectivity index (χ1) is 8.22. The van der Waals surface area contributed by atoms with E-state index in [1.165, 1.54) is 0 Å². The van der Waals surface area contributed by atoms with Gasteiger partial charge in [-0.25, -0.2) is 0 Å². The summed E-state index contributed by atoms with van der Waals surface area (Å²) >= 11 is 0. The lowest BCUT2D eigenvalue weighted by molar-refractivity contribution is 0.363. The highest BCUT2D eigenvalue weighted by Gasteiger charge is 2.10. The molecule has 2 aromatic rings. The lowest BCUT2D eigenvalue weighted by Gasteiger charge is -2.12. The molecule has 0 aliphatic rings. The minimum absolute atomic E-state index is 0.382. The molecule has 0 amide bonds. The van der Waals surface area contributed by atoms with E-state index in [2.05, 4.69) is 10.2 Å². The van der Waals surface area contributed by atoms with Crippen molar-refractivity contribution in [3.63, 3.8) is 0 Å². The van der Waals surface area contributed by atoms with Gasteiger partial charge in [0.05, 0.1) is 13.3 Å². The Morgan fingerprint density at radius 3 is 2.41 bits per heavy atom. The first kappa shape index (κ1) is 11.4. The van der Waals surface area contributed by atoms with Crippen molar-refractivity contribution < 1.29 is 9.47 Å². The molecule has 0 N–H and O–H groups in total. The van der Waals surface area contributed by atoms with Gasteiger partial charge < -0.3 is 9.47 Å². The van der Waals surface area contributed by atoms with Crippen molar-refractivity contribution in [1.82, 2.24) is 10.2 Å². The predicted molar refractivity (Wildman–Crippen MR) is 64.6 cm³/mol. The maximum atomic E-state index is 5.76. The predicted octanol–water partition coefficient (Wildman–Crippen LogP) is 2.89. The van der Waals surface area contributed by atoms with E-state index in [4.69, 9.17) is 9.47 Å². The quantitative estimate of drug-likeness (QED) is 0.813. The molecular weight excluding hydrogens is 216 g/mol. The summed E-state index contributed by atoms with van der Waals surface area (Å²) in [6.07, 6.45) is 1.57. The Morgan fingerprint density at radius 2 is 1.76 bits per heavy atom. The fourth-order valence-electron chi connectivity index (χ4n) is 1.59. The van der Waals surface area contributed by atoms with E-state index in [0.717, 1.165) is 16.9 Å². The standard InChI is InChI=1S/C13H14N2O2/c1-9-5-4-6-10(2)12(9)17-13-11(16-3)7-8-14-15-13/h4-8H,1-3H3. The lowest BCUT2D eigenvalue weighted by atomic mass is 10.1. The van der Waals surface area contributed by atoms with Crippen molar-refractivity contribution in [2.45, 2.75) is 13.8 Å². The van der Waals surface area contributed by atoms with E-state index in [9.17, 15) is 0 Å². The molecule has 0 atom stereocenters. The molecule has 0 spiro atoms. The Kier molecular flexibility index (Phi) is 3.23. The zero-order valence-corrected chi connectivity index (χ0v) is 10.1. The Morgan fingerprint density at radius 1 is 1.06 bits per heavy atom. The zero-order chi connectivity index (χ0) is 12.3. The molecule has 88 valence electrons. The summed E-state index contributed by atoms with van der Waals surface area (Å²) in [6, 6.07) is 7.69. The van der Waals surface area contributed by atoms with Crippen molar-refractivity contribution in [1.29, 1.82) is 0 Å². The van der Waals surface area contributed by atoms with Crippen LogP contribution >= 0.6 is 0 Å². The summed E-state index contributed by atoms with van der Waals surface area (Å²) in [5.41, 5.74) is 2.11. The number of aromatic nitrogens is 2. The molecule has 0 saturated heterocycles. The summed E-state index contributed by atoms with van der Waals surface area (Å²) in [6.45, 7) is 3.98. The number of nitrogens with zero attached hydrogens (tertiary/aromatic N) is 2. The second-order valence-electron chi connectivity index (χ2n) is 3.73. The number of hydrogen-bond donors (Lipinski definition) is 0. The van der Waals surface area contributed by atoms with Gasteiger partial charge >= 0.3 is 0 Å². The molecule has 4 nitrogen and oxygen atoms in total. The molecular formula is C13H14N2O2. The molecule has 0 unspecified atom stereocenters. The van der Waals surface area contributed by atoms with Crippen LogP contribution < -0.4 is 9.47 Å². The lowest BCUT2D eigenvalue weighted by Crippen LogP contribution is -1.97. The van der Waals surface area contributed by atoms with Crippen LogP contribution in [0, 0.1) is 13.8 Å². The van der Waals surface area contributed by atoms with Gasteiger partial charge in [0.2, 0.25) is 0 Å². The first-order valence-electron chi connectivity index (χ1n) is 5.32. The summed E-state index contributed by atoms with van der Waals surface area (Å²) in [5, 5.41) is 7.72. The van der Waals surface area contributed by atoms with Gasteiger partial charge in [0.25, 0.3) is 5.88 Å². The highest BCUT2D eigenvalue weighted by Crippen LogP contribution is 2.31. The van der Waals surface area contributed by atoms with E-state index in [0.29, 0.717) is 11.6 Å². The van der Waals surface area contributed by atoms with Crippen LogP contribution in [0.1, 0.15) is 11.1 Å². The van der Waals surface area contributed by atoms with Crippen LogP contribution in [0.15, 0.2) is 30.5 Å². The largest absolute Gasteiger partial charge is 0.491 e. The molecule has 1 aromatic carbocycles. The van der Waals surface area contributed by atoms with Crippen LogP contribution in [0.3, 0.4) is 0 Å². The third-order valence-electron chi connectivity index (χ3n) is 2.48. The Balaban J connectivity index is 2.38. The Bertz CT molecular complexity index is 506. The van der Waals surface area contributed by atoms with Gasteiger partial charge in [0, 0.05) is 6.07 Å². The molecule has 0 fully saturated rings. The average Bonchev–Trinajstić information content (AvgIpc) is 2.34. The number of hydrogen-bond acceptors (Lipinski definition) is 4. The maximum absolute atomic E-state index is 5.76. The molecule has 17 heavy (non-hydrogen) atoms. The van der Waals surface area contributed by atoms with Gasteiger partial charge in [-0.2, -0.15) is 5.10 Å². The molecule has 0 saturated carbocycles. The molecule has 4 heteroatoms. The molecule has 0 bridgehead atoms. The summed E-state index contributed by atoms with van der Waals surface area (Å²) in [4.78, 5) is 0. The highest BCUT2D eigenvalue weighted by molar-refractivity contribution is 5.44. The fourth-order valence-corrected chi connectivity index (χ4v) is 1.59. The number of ether oxygens (including phenoxy) is 2. The number of aryl methyl sites for hydroxylation is 2. The van der Waals surface area contributed by atoms with Crippen LogP contribution in [0.5, 0.6) is 17.4 Å². The fraction of sp³-hybridized carbons (Fsp3) is 0.231. The van der Waals surface area contributed by atoms with Crippen LogP contribution in [-0.4, -0.2) is 17.3 Å². The van der Waals surface area contributed by atoms with Crippen LogP contribution in [0.4, 0.5) is 0 Å². The van der Waals surface area contributed by atoms with Crippen molar-refractivity contribution in [3.8, 4) is 17.4 Å². The third kappa shape index (κ3) is 2.36. The van der Waals surface area contributed by atoms with Gasteiger partial charge in [0.15, 0.2) is 5.75 Å². The highest BCUT2D eigenvalue weighted by atomic mass is 16.5. The average molecular weight is 230 g/mol. The molecule has 0 radical (unpaired) electrons. The van der Waals surface area contributed by atoms with E-state index in [1.54, 1.807) is 19.4 Å². The van der Waals surface area contributed by atoms with Crippen LogP contribution in [0.25, 0.3) is 0 Å². The molecule has 1 heterocycles. The summed E-state index contributed by atoms with van der Waals surface area (Å²) < 4.78 is 10.9. The van der Waals surface area contributed by atoms with Gasteiger partial charge in [0.1, 0.15) is 5.75 Å². The molecule has 0 aliphatic heterocycles. The van der Waals surface area contributed by atoms with E-state index < -0.39 is 0 Å². The van der Waals surface area contributed by atoms with Crippen molar-refractivity contribution in [3.05, 3.63) is 41.6 Å². The Labute approximate surface area is 100 Å². The SMILES string of the molecule is COc1ccnnc1Oc1c(C)cccc1C. The topological polar surface area (TPSA) is 44.2 Å². The van der Waals surface area contributed by atoms with E-state index in [1.807, 2.05) is 32.0 Å². The second-order valence-corrected chi connectivity index (χ2v) is 3.73. The second kappa shape index (κ2) is 4.82. The number of benzene rings is 1. The zero-order valence-electron chi connectivity index (χ0n) is 10.1. The Hall–Kier alpha value is -2.10. The number of rotatable bonds is 3. The van der Waals surface area contributed by atoms with Crippen molar-refractivity contribution in [2.75, 3.05) is 7.11 Å². The molecule has 0 aliphatic carbocycles. The molecule has 2 rings (SSSR count). The summed E-state index contributed by atoms with van der Waals surface area (Å²) in [7, 11) is 1.58. The van der Waals surface area contributed by atoms with Gasteiger partial charge in [-0.1, -0.05) is 18.2 Å². The minimum atomic E-state index is 0.382. The first-order valence-corrected chi connectivity index (χ1v) is 5.32. The number of para-hydroxylation sites is 1. The maximum Gasteiger partial charge on any atom is 0.281 e. The van der Waals surface area contributed by atoms with Gasteiger partial charge in [-0.15, -0.1) is 5.10 Å². The monoisotopic (exact) mass is 230 g/mol. The molecule has 1 aromatic heterocycles. The van der Waals surface area contributed by atoms with Crippen LogP contribution in [-0.2, 0) is 0 Å². The minimum Gasteiger partial charge on any atom is -0.491 e. The third-order valence-corrected chi connectivity index (χ3v) is 2.48. The van der Waals surface area contributed by atoms with Gasteiger partial charge in [-0.3, -0.25) is 0 Å². The van der Waals surface area contributed by atoms with Crippen molar-refractivity contribution >= 4 is 0 Å². The van der Waals surface area contributed by atoms with Crippen LogP contribution in [0.2, 0.25) is 0 Å². The van der Waals surface area contributed by atoms with E-state index in [-0.39, 0.29) is 0 Å². The normalized spacial score (nSPS) is 10.1. The van der Waals surface area contributed by atoms with Crippen molar-refractivity contribution in [2.24, 2.45) is 0 Å².